The number of aromatic nitrogens is 1. The zero-order chi connectivity index (χ0) is 19.9. The van der Waals surface area contributed by atoms with E-state index in [1.165, 1.54) is 0 Å². The third-order valence-corrected chi connectivity index (χ3v) is 4.87. The lowest BCUT2D eigenvalue weighted by atomic mass is 9.96. The molecule has 2 heterocycles. The van der Waals surface area contributed by atoms with Crippen molar-refractivity contribution in [2.45, 2.75) is 18.8 Å². The van der Waals surface area contributed by atoms with Gasteiger partial charge in [0.1, 0.15) is 0 Å². The maximum Gasteiger partial charge on any atom is 0.233 e. The van der Waals surface area contributed by atoms with Crippen LogP contribution in [0.1, 0.15) is 6.42 Å². The van der Waals surface area contributed by atoms with Crippen LogP contribution in [0.4, 0.5) is 5.69 Å². The van der Waals surface area contributed by atoms with Crippen LogP contribution >= 0.6 is 0 Å². The summed E-state index contributed by atoms with van der Waals surface area (Å²) >= 11 is 0. The third kappa shape index (κ3) is 4.71. The number of hydrogen-bond acceptors (Lipinski definition) is 7. The van der Waals surface area contributed by atoms with Crippen molar-refractivity contribution in [1.29, 1.82) is 5.26 Å². The van der Waals surface area contributed by atoms with E-state index in [4.69, 9.17) is 16.7 Å². The molecule has 1 amide bonds. The van der Waals surface area contributed by atoms with Crippen LogP contribution in [0.2, 0.25) is 0 Å². The summed E-state index contributed by atoms with van der Waals surface area (Å²) in [6.45, 7) is 1.26. The molecule has 0 aliphatic carbocycles. The van der Waals surface area contributed by atoms with Gasteiger partial charge in [-0.1, -0.05) is 30.3 Å². The van der Waals surface area contributed by atoms with E-state index in [0.717, 1.165) is 11.1 Å². The Morgan fingerprint density at radius 1 is 1.25 bits per heavy atom. The number of nitrogens with one attached hydrogen (secondary N) is 3. The number of hydrogen-bond donors (Lipinski definition) is 5. The molecule has 28 heavy (non-hydrogen) atoms. The summed E-state index contributed by atoms with van der Waals surface area (Å²) in [7, 11) is 0. The smallest absolute Gasteiger partial charge is 0.233 e. The molecule has 0 radical (unpaired) electrons. The summed E-state index contributed by atoms with van der Waals surface area (Å²) in [6, 6.07) is 13.8. The Morgan fingerprint density at radius 3 is 2.61 bits per heavy atom. The summed E-state index contributed by atoms with van der Waals surface area (Å²) in [5.41, 5.74) is 14.3. The Hall–Kier alpha value is -2.83. The van der Waals surface area contributed by atoms with E-state index in [-0.39, 0.29) is 18.0 Å². The monoisotopic (exact) mass is 379 g/mol. The lowest BCUT2D eigenvalue weighted by Crippen LogP contribution is -2.63. The molecule has 1 fully saturated rings. The molecule has 8 heteroatoms. The Kier molecular flexibility index (Phi) is 6.68. The average Bonchev–Trinajstić information content (AvgIpc) is 2.70. The second kappa shape index (κ2) is 9.39. The molecule has 3 rings (SSSR count). The van der Waals surface area contributed by atoms with Gasteiger partial charge in [0.2, 0.25) is 5.91 Å². The van der Waals surface area contributed by atoms with Gasteiger partial charge in [-0.2, -0.15) is 5.26 Å². The second-order valence-corrected chi connectivity index (χ2v) is 6.90. The molecule has 0 saturated carbocycles. The Morgan fingerprint density at radius 2 is 1.96 bits per heavy atom. The Bertz CT molecular complexity index is 826. The number of nitriles is 1. The lowest BCUT2D eigenvalue weighted by molar-refractivity contribution is -0.122. The number of pyridine rings is 1. The van der Waals surface area contributed by atoms with Crippen LogP contribution in [0, 0.1) is 23.2 Å². The highest BCUT2D eigenvalue weighted by Gasteiger charge is 2.35. The molecule has 0 bridgehead atoms. The van der Waals surface area contributed by atoms with E-state index in [1.54, 1.807) is 12.4 Å². The number of carbonyl (C=O) groups excluding carboxylic acids is 1. The molecular formula is C20H25N7O. The van der Waals surface area contributed by atoms with Crippen LogP contribution in [0.15, 0.2) is 48.8 Å². The van der Waals surface area contributed by atoms with Gasteiger partial charge in [0, 0.05) is 31.3 Å². The summed E-state index contributed by atoms with van der Waals surface area (Å²) in [6.07, 6.45) is 2.53. The van der Waals surface area contributed by atoms with E-state index in [1.807, 2.05) is 36.4 Å². The highest BCUT2D eigenvalue weighted by atomic mass is 16.2. The topological polar surface area (TPSA) is 142 Å². The minimum Gasteiger partial charge on any atom is -0.324 e. The van der Waals surface area contributed by atoms with E-state index in [9.17, 15) is 4.79 Å². The summed E-state index contributed by atoms with van der Waals surface area (Å²) < 4.78 is 0. The quantitative estimate of drug-likeness (QED) is 0.463. The van der Waals surface area contributed by atoms with Crippen LogP contribution in [0.25, 0.3) is 11.1 Å². The predicted molar refractivity (Wildman–Crippen MR) is 107 cm³/mol. The van der Waals surface area contributed by atoms with Gasteiger partial charge in [-0.3, -0.25) is 9.78 Å². The van der Waals surface area contributed by atoms with Crippen LogP contribution in [0.5, 0.6) is 0 Å². The van der Waals surface area contributed by atoms with E-state index in [0.29, 0.717) is 25.2 Å². The Labute approximate surface area is 164 Å². The minimum atomic E-state index is -0.852. The van der Waals surface area contributed by atoms with Gasteiger partial charge in [0.25, 0.3) is 0 Å². The third-order valence-electron chi connectivity index (χ3n) is 4.87. The number of rotatable bonds is 6. The van der Waals surface area contributed by atoms with Crippen molar-refractivity contribution in [2.75, 3.05) is 18.4 Å². The molecule has 1 aromatic heterocycles. The zero-order valence-corrected chi connectivity index (χ0v) is 15.5. The lowest BCUT2D eigenvalue weighted by Gasteiger charge is -2.36. The first kappa shape index (κ1) is 19.9. The van der Waals surface area contributed by atoms with Crippen molar-refractivity contribution in [3.05, 3.63) is 48.8 Å². The number of nitrogens with zero attached hydrogens (tertiary/aromatic N) is 2. The van der Waals surface area contributed by atoms with Crippen LogP contribution in [-0.4, -0.2) is 36.3 Å². The molecule has 7 N–H and O–H groups in total. The molecule has 2 aromatic rings. The molecule has 1 saturated heterocycles. The second-order valence-electron chi connectivity index (χ2n) is 6.90. The van der Waals surface area contributed by atoms with Crippen molar-refractivity contribution < 1.29 is 4.79 Å². The molecule has 146 valence electrons. The number of benzene rings is 1. The van der Waals surface area contributed by atoms with Gasteiger partial charge in [-0.25, -0.2) is 0 Å². The molecule has 1 aliphatic heterocycles. The molecule has 8 nitrogen and oxygen atoms in total. The first-order chi connectivity index (χ1) is 13.6. The summed E-state index contributed by atoms with van der Waals surface area (Å²) in [5.74, 6) is -0.780. The SMILES string of the molecule is N#CCC1CNC(C(C(=O)Nc2cnccc2-c2ccccc2)C(N)N)NC1. The number of amides is 1. The number of nitrogens with two attached hydrogens (primary N) is 2. The van der Waals surface area contributed by atoms with Gasteiger partial charge < -0.3 is 27.4 Å². The summed E-state index contributed by atoms with van der Waals surface area (Å²) in [4.78, 5) is 17.1. The van der Waals surface area contributed by atoms with Gasteiger partial charge in [-0.15, -0.1) is 0 Å². The number of carbonyl (C=O) groups is 1. The fraction of sp³-hybridized carbons (Fsp3) is 0.350. The fourth-order valence-corrected chi connectivity index (χ4v) is 3.39. The molecule has 0 spiro atoms. The zero-order valence-electron chi connectivity index (χ0n) is 15.5. The summed E-state index contributed by atoms with van der Waals surface area (Å²) in [5, 5.41) is 18.3. The van der Waals surface area contributed by atoms with Gasteiger partial charge in [0.05, 0.1) is 36.2 Å². The van der Waals surface area contributed by atoms with Crippen molar-refractivity contribution >= 4 is 11.6 Å². The van der Waals surface area contributed by atoms with Crippen molar-refractivity contribution in [3.63, 3.8) is 0 Å². The van der Waals surface area contributed by atoms with Crippen molar-refractivity contribution in [1.82, 2.24) is 15.6 Å². The normalized spacial score (nSPS) is 20.4. The maximum atomic E-state index is 13.0. The van der Waals surface area contributed by atoms with Gasteiger partial charge in [0.15, 0.2) is 0 Å². The first-order valence-corrected chi connectivity index (χ1v) is 9.25. The van der Waals surface area contributed by atoms with Crippen molar-refractivity contribution in [2.24, 2.45) is 23.3 Å². The first-order valence-electron chi connectivity index (χ1n) is 9.25. The highest BCUT2D eigenvalue weighted by molar-refractivity contribution is 5.97. The largest absolute Gasteiger partial charge is 0.324 e. The minimum absolute atomic E-state index is 0.196. The number of anilines is 1. The molecule has 1 atom stereocenters. The van der Waals surface area contributed by atoms with Crippen LogP contribution < -0.4 is 27.4 Å². The molecule has 1 aromatic carbocycles. The van der Waals surface area contributed by atoms with E-state index in [2.05, 4.69) is 27.0 Å². The maximum absolute atomic E-state index is 13.0. The van der Waals surface area contributed by atoms with E-state index >= 15 is 0 Å². The van der Waals surface area contributed by atoms with Crippen molar-refractivity contribution in [3.8, 4) is 17.2 Å². The highest BCUT2D eigenvalue weighted by Crippen LogP contribution is 2.27. The Balaban J connectivity index is 1.75. The molecular weight excluding hydrogens is 354 g/mol. The fourth-order valence-electron chi connectivity index (χ4n) is 3.39. The standard InChI is InChI=1S/C20H25N7O/c21-8-6-13-10-25-19(26-11-13)17(18(22)23)20(28)27-16-12-24-9-7-15(16)14-4-2-1-3-5-14/h1-5,7,9,12-13,17-19,25-26H,6,10-11,22-23H2,(H,27,28). The van der Waals surface area contributed by atoms with Gasteiger partial charge >= 0.3 is 0 Å². The predicted octanol–water partition coefficient (Wildman–Crippen LogP) is 0.596. The van der Waals surface area contributed by atoms with Gasteiger partial charge in [-0.05, 0) is 17.5 Å². The van der Waals surface area contributed by atoms with Crippen LogP contribution in [-0.2, 0) is 4.79 Å². The van der Waals surface area contributed by atoms with E-state index < -0.39 is 12.1 Å². The van der Waals surface area contributed by atoms with Crippen LogP contribution in [0.3, 0.4) is 0 Å². The molecule has 1 aliphatic rings. The average molecular weight is 379 g/mol. The molecule has 1 unspecified atom stereocenters.